The summed E-state index contributed by atoms with van der Waals surface area (Å²) in [7, 11) is 0. The molecule has 1 aliphatic heterocycles. The molecular formula is C15H22N2OS. The molecule has 1 atom stereocenters. The highest BCUT2D eigenvalue weighted by molar-refractivity contribution is 7.10. The maximum atomic E-state index is 12.4. The second kappa shape index (κ2) is 5.63. The Hall–Kier alpha value is -0.870. The first-order chi connectivity index (χ1) is 9.31. The Kier molecular flexibility index (Phi) is 3.89. The lowest BCUT2D eigenvalue weighted by Gasteiger charge is -2.36. The van der Waals surface area contributed by atoms with Gasteiger partial charge in [-0.25, -0.2) is 0 Å². The van der Waals surface area contributed by atoms with Crippen molar-refractivity contribution in [3.8, 4) is 0 Å². The normalized spacial score (nSPS) is 22.4. The molecule has 0 spiro atoms. The lowest BCUT2D eigenvalue weighted by molar-refractivity contribution is -0.134. The van der Waals surface area contributed by atoms with E-state index in [0.29, 0.717) is 30.8 Å². The molecule has 0 bridgehead atoms. The number of rotatable bonds is 5. The van der Waals surface area contributed by atoms with Crippen molar-refractivity contribution in [1.29, 1.82) is 0 Å². The summed E-state index contributed by atoms with van der Waals surface area (Å²) in [5.41, 5.74) is 6.94. The highest BCUT2D eigenvalue weighted by Crippen LogP contribution is 2.48. The number of nitrogens with two attached hydrogens (primary N) is 1. The van der Waals surface area contributed by atoms with Crippen LogP contribution < -0.4 is 5.73 Å². The topological polar surface area (TPSA) is 46.3 Å². The van der Waals surface area contributed by atoms with Gasteiger partial charge in [0.2, 0.25) is 5.91 Å². The first-order valence-corrected chi connectivity index (χ1v) is 8.25. The predicted molar refractivity (Wildman–Crippen MR) is 78.1 cm³/mol. The van der Waals surface area contributed by atoms with Crippen molar-refractivity contribution < 1.29 is 4.79 Å². The van der Waals surface area contributed by atoms with Gasteiger partial charge in [-0.15, -0.1) is 11.3 Å². The molecule has 2 N–H and O–H groups in total. The fraction of sp³-hybridized carbons (Fsp3) is 0.667. The molecule has 19 heavy (non-hydrogen) atoms. The van der Waals surface area contributed by atoms with Gasteiger partial charge in [0.15, 0.2) is 0 Å². The summed E-state index contributed by atoms with van der Waals surface area (Å²) in [5, 5.41) is 2.18. The van der Waals surface area contributed by atoms with Crippen molar-refractivity contribution >= 4 is 17.2 Å². The van der Waals surface area contributed by atoms with E-state index in [1.54, 1.807) is 0 Å². The molecule has 3 nitrogen and oxygen atoms in total. The minimum Gasteiger partial charge on any atom is -0.335 e. The summed E-state index contributed by atoms with van der Waals surface area (Å²) < 4.78 is 0. The Balaban J connectivity index is 1.72. The summed E-state index contributed by atoms with van der Waals surface area (Å²) in [6.45, 7) is 1.60. The van der Waals surface area contributed by atoms with Crippen molar-refractivity contribution in [1.82, 2.24) is 4.90 Å². The van der Waals surface area contributed by atoms with Gasteiger partial charge in [0.25, 0.3) is 0 Å². The van der Waals surface area contributed by atoms with Crippen molar-refractivity contribution in [3.05, 3.63) is 21.9 Å². The van der Waals surface area contributed by atoms with Gasteiger partial charge in [-0.1, -0.05) is 0 Å². The molecule has 1 aliphatic carbocycles. The molecule has 1 unspecified atom stereocenters. The maximum absolute atomic E-state index is 12.4. The molecule has 0 aromatic carbocycles. The lowest BCUT2D eigenvalue weighted by atomic mass is 9.95. The molecule has 2 heterocycles. The van der Waals surface area contributed by atoms with E-state index in [-0.39, 0.29) is 0 Å². The van der Waals surface area contributed by atoms with Crippen LogP contribution in [-0.4, -0.2) is 23.9 Å². The number of thiophene rings is 1. The minimum atomic E-state index is 0.335. The number of unbranched alkanes of at least 4 members (excludes halogenated alkanes) is 1. The third-order valence-corrected chi connectivity index (χ3v) is 5.24. The molecule has 1 amide bonds. The standard InChI is InChI=1S/C15H22N2OS/c16-8-2-1-3-14(18)17-9-6-13-12(7-10-19-13)15(17)11-4-5-11/h7,10-11,15H,1-6,8-9,16H2. The van der Waals surface area contributed by atoms with E-state index in [0.717, 1.165) is 25.8 Å². The van der Waals surface area contributed by atoms with Gasteiger partial charge in [-0.3, -0.25) is 4.79 Å². The van der Waals surface area contributed by atoms with Gasteiger partial charge >= 0.3 is 0 Å². The van der Waals surface area contributed by atoms with E-state index >= 15 is 0 Å². The quantitative estimate of drug-likeness (QED) is 0.842. The Labute approximate surface area is 118 Å². The zero-order valence-electron chi connectivity index (χ0n) is 11.3. The highest BCUT2D eigenvalue weighted by Gasteiger charge is 2.41. The van der Waals surface area contributed by atoms with E-state index in [4.69, 9.17) is 5.73 Å². The molecule has 1 aromatic heterocycles. The average molecular weight is 278 g/mol. The van der Waals surface area contributed by atoms with Gasteiger partial charge < -0.3 is 10.6 Å². The SMILES string of the molecule is NCCCCC(=O)N1CCc2sccc2C1C1CC1. The van der Waals surface area contributed by atoms with Crippen LogP contribution in [-0.2, 0) is 11.2 Å². The first-order valence-electron chi connectivity index (χ1n) is 7.37. The maximum Gasteiger partial charge on any atom is 0.223 e. The molecule has 3 rings (SSSR count). The Morgan fingerprint density at radius 2 is 2.26 bits per heavy atom. The van der Waals surface area contributed by atoms with Gasteiger partial charge in [0, 0.05) is 17.8 Å². The first kappa shape index (κ1) is 13.1. The van der Waals surface area contributed by atoms with Crippen LogP contribution >= 0.6 is 11.3 Å². The monoisotopic (exact) mass is 278 g/mol. The van der Waals surface area contributed by atoms with Crippen molar-refractivity contribution in [2.24, 2.45) is 11.7 Å². The van der Waals surface area contributed by atoms with E-state index < -0.39 is 0 Å². The molecule has 1 aromatic rings. The summed E-state index contributed by atoms with van der Waals surface area (Å²) >= 11 is 1.86. The molecule has 2 aliphatic rings. The zero-order valence-corrected chi connectivity index (χ0v) is 12.1. The van der Waals surface area contributed by atoms with Gasteiger partial charge in [0.1, 0.15) is 0 Å². The third-order valence-electron chi connectivity index (χ3n) is 4.25. The van der Waals surface area contributed by atoms with Crippen LogP contribution in [0.4, 0.5) is 0 Å². The van der Waals surface area contributed by atoms with Crippen molar-refractivity contribution in [2.75, 3.05) is 13.1 Å². The van der Waals surface area contributed by atoms with Crippen molar-refractivity contribution in [2.45, 2.75) is 44.6 Å². The fourth-order valence-corrected chi connectivity index (χ4v) is 4.02. The Bertz CT molecular complexity index is 453. The molecule has 104 valence electrons. The summed E-state index contributed by atoms with van der Waals surface area (Å²) in [6, 6.07) is 2.61. The van der Waals surface area contributed by atoms with Crippen molar-refractivity contribution in [3.63, 3.8) is 0 Å². The Morgan fingerprint density at radius 3 is 3.00 bits per heavy atom. The van der Waals surface area contributed by atoms with Crippen LogP contribution in [0.15, 0.2) is 11.4 Å². The van der Waals surface area contributed by atoms with Gasteiger partial charge in [-0.05, 0) is 61.6 Å². The van der Waals surface area contributed by atoms with E-state index in [9.17, 15) is 4.79 Å². The second-order valence-corrected chi connectivity index (χ2v) is 6.66. The molecule has 1 saturated carbocycles. The van der Waals surface area contributed by atoms with Crippen LogP contribution in [0.5, 0.6) is 0 Å². The van der Waals surface area contributed by atoms with E-state index in [1.165, 1.54) is 23.3 Å². The number of carbonyl (C=O) groups is 1. The largest absolute Gasteiger partial charge is 0.335 e. The minimum absolute atomic E-state index is 0.335. The average Bonchev–Trinajstić information content (AvgIpc) is 3.14. The Morgan fingerprint density at radius 1 is 1.42 bits per heavy atom. The number of fused-ring (bicyclic) bond motifs is 1. The van der Waals surface area contributed by atoms with Crippen LogP contribution in [0.1, 0.15) is 48.6 Å². The summed E-state index contributed by atoms with van der Waals surface area (Å²) in [6.07, 6.45) is 6.16. The lowest BCUT2D eigenvalue weighted by Crippen LogP contribution is -2.40. The van der Waals surface area contributed by atoms with Gasteiger partial charge in [0.05, 0.1) is 6.04 Å². The van der Waals surface area contributed by atoms with Crippen LogP contribution in [0.25, 0.3) is 0 Å². The van der Waals surface area contributed by atoms with Crippen LogP contribution in [0.3, 0.4) is 0 Å². The predicted octanol–water partition coefficient (Wildman–Crippen LogP) is 2.71. The number of carbonyl (C=O) groups excluding carboxylic acids is 1. The molecule has 0 saturated heterocycles. The van der Waals surface area contributed by atoms with Gasteiger partial charge in [-0.2, -0.15) is 0 Å². The number of hydrogen-bond acceptors (Lipinski definition) is 3. The van der Waals surface area contributed by atoms with Crippen LogP contribution in [0, 0.1) is 5.92 Å². The molecule has 0 radical (unpaired) electrons. The zero-order chi connectivity index (χ0) is 13.2. The molecule has 4 heteroatoms. The molecule has 1 fully saturated rings. The fourth-order valence-electron chi connectivity index (χ4n) is 3.11. The number of nitrogens with zero attached hydrogens (tertiary/aromatic N) is 1. The highest BCUT2D eigenvalue weighted by atomic mass is 32.1. The summed E-state index contributed by atoms with van der Waals surface area (Å²) in [4.78, 5) is 16.1. The summed E-state index contributed by atoms with van der Waals surface area (Å²) in [5.74, 6) is 1.05. The number of hydrogen-bond donors (Lipinski definition) is 1. The smallest absolute Gasteiger partial charge is 0.223 e. The van der Waals surface area contributed by atoms with E-state index in [2.05, 4.69) is 16.3 Å². The number of amides is 1. The molecular weight excluding hydrogens is 256 g/mol. The third kappa shape index (κ3) is 2.70. The van der Waals surface area contributed by atoms with Crippen LogP contribution in [0.2, 0.25) is 0 Å². The second-order valence-electron chi connectivity index (χ2n) is 5.66. The van der Waals surface area contributed by atoms with E-state index in [1.807, 2.05) is 11.3 Å².